The Morgan fingerprint density at radius 3 is 2.39 bits per heavy atom. The molecule has 0 amide bonds. The molecule has 0 atom stereocenters. The molecule has 4 rings (SSSR count). The molecule has 8 nitrogen and oxygen atoms in total. The van der Waals surface area contributed by atoms with Gasteiger partial charge in [-0.25, -0.2) is 4.98 Å². The number of aromatic amines is 1. The van der Waals surface area contributed by atoms with Gasteiger partial charge < -0.3 is 29.6 Å². The Hall–Kier alpha value is -3.65. The van der Waals surface area contributed by atoms with E-state index in [0.29, 0.717) is 47.4 Å². The van der Waals surface area contributed by atoms with Gasteiger partial charge in [0.15, 0.2) is 0 Å². The lowest BCUT2D eigenvalue weighted by Gasteiger charge is -2.16. The number of imidazole rings is 1. The first-order valence-corrected chi connectivity index (χ1v) is 9.93. The zero-order valence-corrected chi connectivity index (χ0v) is 18.0. The Balaban J connectivity index is 1.99. The summed E-state index contributed by atoms with van der Waals surface area (Å²) >= 11 is 0. The molecule has 0 unspecified atom stereocenters. The molecule has 2 aromatic carbocycles. The van der Waals surface area contributed by atoms with Crippen LogP contribution in [0, 0.1) is 0 Å². The van der Waals surface area contributed by atoms with Gasteiger partial charge in [0.1, 0.15) is 34.5 Å². The molecule has 0 saturated carbocycles. The fourth-order valence-electron chi connectivity index (χ4n) is 3.78. The molecular formula is C23H26N4O4. The van der Waals surface area contributed by atoms with Gasteiger partial charge in [-0.1, -0.05) is 12.1 Å². The van der Waals surface area contributed by atoms with Crippen molar-refractivity contribution in [3.63, 3.8) is 0 Å². The molecule has 0 fully saturated rings. The first-order valence-electron chi connectivity index (χ1n) is 9.93. The van der Waals surface area contributed by atoms with Gasteiger partial charge in [0.2, 0.25) is 0 Å². The predicted octanol–water partition coefficient (Wildman–Crippen LogP) is 3.97. The van der Waals surface area contributed by atoms with Crippen molar-refractivity contribution >= 4 is 16.9 Å². The number of fused-ring (bicyclic) bond motifs is 1. The molecule has 0 radical (unpaired) electrons. The van der Waals surface area contributed by atoms with Gasteiger partial charge in [-0.2, -0.15) is 0 Å². The van der Waals surface area contributed by atoms with Crippen LogP contribution >= 0.6 is 0 Å². The summed E-state index contributed by atoms with van der Waals surface area (Å²) in [5, 5.41) is 14.5. The molecule has 0 saturated heterocycles. The van der Waals surface area contributed by atoms with Gasteiger partial charge in [-0.3, -0.25) is 4.57 Å². The number of methoxy groups -OCH3 is 3. The lowest BCUT2D eigenvalue weighted by atomic mass is 10.2. The third-order valence-corrected chi connectivity index (χ3v) is 5.24. The van der Waals surface area contributed by atoms with Gasteiger partial charge in [0.05, 0.1) is 43.2 Å². The van der Waals surface area contributed by atoms with E-state index in [1.54, 1.807) is 27.4 Å². The number of para-hydroxylation sites is 2. The van der Waals surface area contributed by atoms with E-state index in [0.717, 1.165) is 16.7 Å². The first kappa shape index (κ1) is 20.6. The van der Waals surface area contributed by atoms with Gasteiger partial charge in [-0.05, 0) is 12.1 Å². The molecule has 0 aliphatic rings. The summed E-state index contributed by atoms with van der Waals surface area (Å²) in [5.74, 6) is 2.70. The zero-order valence-electron chi connectivity index (χ0n) is 18.0. The van der Waals surface area contributed by atoms with Gasteiger partial charge in [0.25, 0.3) is 0 Å². The van der Waals surface area contributed by atoms with Crippen LogP contribution in [0.2, 0.25) is 0 Å². The van der Waals surface area contributed by atoms with E-state index in [1.165, 1.54) is 0 Å². The normalized spacial score (nSPS) is 11.1. The van der Waals surface area contributed by atoms with Gasteiger partial charge in [0, 0.05) is 38.8 Å². The highest BCUT2D eigenvalue weighted by molar-refractivity contribution is 5.87. The Kier molecular flexibility index (Phi) is 5.73. The predicted molar refractivity (Wildman–Crippen MR) is 121 cm³/mol. The number of aromatic hydroxyl groups is 1. The van der Waals surface area contributed by atoms with Crippen LogP contribution in [0.5, 0.6) is 17.2 Å². The van der Waals surface area contributed by atoms with E-state index in [-0.39, 0.29) is 5.75 Å². The summed E-state index contributed by atoms with van der Waals surface area (Å²) < 4.78 is 18.2. The lowest BCUT2D eigenvalue weighted by Crippen LogP contribution is -2.07. The van der Waals surface area contributed by atoms with Crippen molar-refractivity contribution in [2.45, 2.75) is 6.42 Å². The quantitative estimate of drug-likeness (QED) is 0.398. The highest BCUT2D eigenvalue weighted by Crippen LogP contribution is 2.44. The lowest BCUT2D eigenvalue weighted by molar-refractivity contribution is 0.200. The van der Waals surface area contributed by atoms with Crippen molar-refractivity contribution in [3.8, 4) is 34.3 Å². The van der Waals surface area contributed by atoms with Crippen molar-refractivity contribution < 1.29 is 19.3 Å². The van der Waals surface area contributed by atoms with E-state index >= 15 is 0 Å². The summed E-state index contributed by atoms with van der Waals surface area (Å²) in [6.45, 7) is 0.446. The number of H-pyrrole nitrogens is 1. The molecule has 4 aromatic rings. The molecule has 2 heterocycles. The van der Waals surface area contributed by atoms with Crippen LogP contribution in [0.15, 0.2) is 42.5 Å². The summed E-state index contributed by atoms with van der Waals surface area (Å²) in [7, 11) is 6.67. The second-order valence-corrected chi connectivity index (χ2v) is 7.02. The van der Waals surface area contributed by atoms with E-state index in [1.807, 2.05) is 48.0 Å². The Bertz CT molecular complexity index is 1160. The number of benzene rings is 2. The Labute approximate surface area is 180 Å². The zero-order chi connectivity index (χ0) is 22.0. The van der Waals surface area contributed by atoms with Crippen molar-refractivity contribution in [1.82, 2.24) is 14.5 Å². The minimum Gasteiger partial charge on any atom is -0.505 e. The highest BCUT2D eigenvalue weighted by Gasteiger charge is 2.26. The second-order valence-electron chi connectivity index (χ2n) is 7.02. The van der Waals surface area contributed by atoms with Crippen molar-refractivity contribution in [3.05, 3.63) is 48.2 Å². The third-order valence-electron chi connectivity index (χ3n) is 5.24. The highest BCUT2D eigenvalue weighted by atomic mass is 16.5. The molecule has 2 aromatic heterocycles. The second kappa shape index (κ2) is 8.61. The van der Waals surface area contributed by atoms with Crippen LogP contribution in [0.3, 0.4) is 0 Å². The smallest absolute Gasteiger partial charge is 0.150 e. The molecule has 0 aliphatic heterocycles. The topological polar surface area (TPSA) is 93.6 Å². The van der Waals surface area contributed by atoms with Crippen LogP contribution < -0.4 is 14.8 Å². The van der Waals surface area contributed by atoms with Crippen molar-refractivity contribution in [1.29, 1.82) is 0 Å². The van der Waals surface area contributed by atoms with Crippen molar-refractivity contribution in [2.24, 2.45) is 0 Å². The number of hydrogen-bond acceptors (Lipinski definition) is 6. The SMILES string of the molecule is CNc1c(-c2nc3ccccc3[nH]2)c(O)c(CCOC)n1-c1cc(OC)cc(OC)c1. The minimum atomic E-state index is 0.141. The average molecular weight is 422 g/mol. The van der Waals surface area contributed by atoms with E-state index in [9.17, 15) is 5.11 Å². The summed E-state index contributed by atoms with van der Waals surface area (Å²) in [4.78, 5) is 8.01. The first-order chi connectivity index (χ1) is 15.1. The molecule has 0 spiro atoms. The largest absolute Gasteiger partial charge is 0.505 e. The molecule has 0 aliphatic carbocycles. The molecule has 3 N–H and O–H groups in total. The maximum atomic E-state index is 11.3. The van der Waals surface area contributed by atoms with Crippen LogP contribution in [0.1, 0.15) is 5.69 Å². The monoisotopic (exact) mass is 422 g/mol. The number of hydrogen-bond donors (Lipinski definition) is 3. The van der Waals surface area contributed by atoms with E-state index < -0.39 is 0 Å². The van der Waals surface area contributed by atoms with E-state index in [2.05, 4.69) is 10.3 Å². The number of aromatic nitrogens is 3. The van der Waals surface area contributed by atoms with Crippen LogP contribution in [0.4, 0.5) is 5.82 Å². The fourth-order valence-corrected chi connectivity index (χ4v) is 3.78. The Morgan fingerprint density at radius 1 is 1.06 bits per heavy atom. The Morgan fingerprint density at radius 2 is 1.77 bits per heavy atom. The average Bonchev–Trinajstić information content (AvgIpc) is 3.35. The van der Waals surface area contributed by atoms with Crippen molar-refractivity contribution in [2.75, 3.05) is 40.3 Å². The molecule has 162 valence electrons. The van der Waals surface area contributed by atoms with Crippen LogP contribution in [-0.2, 0) is 11.2 Å². The molecule has 31 heavy (non-hydrogen) atoms. The summed E-state index contributed by atoms with van der Waals surface area (Å²) in [6.07, 6.45) is 0.497. The number of ether oxygens (including phenoxy) is 3. The maximum absolute atomic E-state index is 11.3. The van der Waals surface area contributed by atoms with Gasteiger partial charge in [-0.15, -0.1) is 0 Å². The maximum Gasteiger partial charge on any atom is 0.150 e. The number of rotatable bonds is 8. The van der Waals surface area contributed by atoms with Crippen LogP contribution in [-0.4, -0.2) is 54.6 Å². The fraction of sp³-hybridized carbons (Fsp3) is 0.261. The van der Waals surface area contributed by atoms with Crippen LogP contribution in [0.25, 0.3) is 28.1 Å². The number of nitrogens with zero attached hydrogens (tertiary/aromatic N) is 2. The molecule has 0 bridgehead atoms. The standard InChI is InChI=1S/C23H26N4O4/c1-24-23-20(22-25-17-7-5-6-8-18(17)26-22)21(28)19(9-10-29-2)27(23)14-11-15(30-3)13-16(12-14)31-4/h5-8,11-13,24,28H,9-10H2,1-4H3,(H,25,26). The molecule has 8 heteroatoms. The minimum absolute atomic E-state index is 0.141. The third kappa shape index (κ3) is 3.66. The summed E-state index contributed by atoms with van der Waals surface area (Å²) in [6, 6.07) is 13.4. The van der Waals surface area contributed by atoms with E-state index in [4.69, 9.17) is 19.2 Å². The molecular weight excluding hydrogens is 396 g/mol. The number of nitrogens with one attached hydrogen (secondary N) is 2. The number of anilines is 1. The summed E-state index contributed by atoms with van der Waals surface area (Å²) in [5.41, 5.74) is 3.79. The van der Waals surface area contributed by atoms with Gasteiger partial charge >= 0.3 is 0 Å².